The summed E-state index contributed by atoms with van der Waals surface area (Å²) in [5.74, 6) is 0.284. The maximum Gasteiger partial charge on any atom is 0.331 e. The highest BCUT2D eigenvalue weighted by Gasteiger charge is 2.12. The Labute approximate surface area is 186 Å². The number of rotatable bonds is 6. The number of fused-ring (bicyclic) bond motifs is 3. The van der Waals surface area contributed by atoms with Crippen LogP contribution in [0.4, 0.5) is 0 Å². The Morgan fingerprint density at radius 1 is 1.19 bits per heavy atom. The van der Waals surface area contributed by atoms with Crippen LogP contribution in [0.5, 0.6) is 11.5 Å². The van der Waals surface area contributed by atoms with E-state index in [-0.39, 0.29) is 12.2 Å². The fourth-order valence-corrected chi connectivity index (χ4v) is 4.43. The Kier molecular flexibility index (Phi) is 5.92. The molecule has 2 aromatic heterocycles. The Bertz CT molecular complexity index is 1380. The van der Waals surface area contributed by atoms with Gasteiger partial charge in [0, 0.05) is 12.1 Å². The monoisotopic (exact) mass is 456 g/mol. The second-order valence-corrected chi connectivity index (χ2v) is 7.87. The lowest BCUT2D eigenvalue weighted by molar-refractivity contribution is -0.139. The topological polar surface area (TPSA) is 79.1 Å². The molecule has 0 bridgehead atoms. The fraction of sp³-hybridized carbons (Fsp3) is 0.136. The van der Waals surface area contributed by atoms with Crippen molar-refractivity contribution in [1.82, 2.24) is 9.38 Å². The van der Waals surface area contributed by atoms with Crippen LogP contribution in [0.1, 0.15) is 11.3 Å². The highest BCUT2D eigenvalue weighted by molar-refractivity contribution is 7.23. The van der Waals surface area contributed by atoms with E-state index >= 15 is 0 Å². The Morgan fingerprint density at radius 3 is 2.77 bits per heavy atom. The molecule has 0 saturated heterocycles. The third kappa shape index (κ3) is 4.26. The van der Waals surface area contributed by atoms with Gasteiger partial charge in [-0.15, -0.1) is 0 Å². The van der Waals surface area contributed by atoms with E-state index in [1.807, 2.05) is 24.3 Å². The molecular formula is C22H17ClN2O5S. The molecule has 0 aliphatic heterocycles. The van der Waals surface area contributed by atoms with E-state index in [0.717, 1.165) is 10.2 Å². The van der Waals surface area contributed by atoms with Gasteiger partial charge in [0.1, 0.15) is 6.61 Å². The molecule has 0 radical (unpaired) electrons. The Morgan fingerprint density at radius 2 is 2.00 bits per heavy atom. The number of hydrogen-bond donors (Lipinski definition) is 0. The van der Waals surface area contributed by atoms with Crippen molar-refractivity contribution in [2.45, 2.75) is 6.61 Å². The van der Waals surface area contributed by atoms with Crippen molar-refractivity contribution in [3.8, 4) is 11.5 Å². The minimum atomic E-state index is -0.579. The lowest BCUT2D eigenvalue weighted by Gasteiger charge is -2.10. The number of benzene rings is 2. The molecule has 2 aromatic carbocycles. The van der Waals surface area contributed by atoms with Gasteiger partial charge in [-0.05, 0) is 35.9 Å². The fourth-order valence-electron chi connectivity index (χ4n) is 3.09. The van der Waals surface area contributed by atoms with Crippen LogP contribution in [0.15, 0.2) is 53.3 Å². The molecule has 4 aromatic rings. The van der Waals surface area contributed by atoms with Crippen molar-refractivity contribution in [2.24, 2.45) is 0 Å². The molecule has 0 aliphatic carbocycles. The van der Waals surface area contributed by atoms with Gasteiger partial charge >= 0.3 is 5.97 Å². The van der Waals surface area contributed by atoms with E-state index in [2.05, 4.69) is 4.98 Å². The molecule has 0 unspecified atom stereocenters. The van der Waals surface area contributed by atoms with Crippen molar-refractivity contribution in [1.29, 1.82) is 0 Å². The second kappa shape index (κ2) is 8.79. The predicted molar refractivity (Wildman–Crippen MR) is 120 cm³/mol. The molecule has 0 saturated carbocycles. The summed E-state index contributed by atoms with van der Waals surface area (Å²) in [5, 5.41) is 0.358. The quantitative estimate of drug-likeness (QED) is 0.317. The number of nitrogens with zero attached hydrogens (tertiary/aromatic N) is 2. The second-order valence-electron chi connectivity index (χ2n) is 6.45. The van der Waals surface area contributed by atoms with Crippen LogP contribution < -0.4 is 15.0 Å². The average molecular weight is 457 g/mol. The number of para-hydroxylation sites is 1. The lowest BCUT2D eigenvalue weighted by atomic mass is 10.2. The first kappa shape index (κ1) is 20.9. The minimum Gasteiger partial charge on any atom is -0.493 e. The standard InChI is InChI=1S/C22H17ClN2O5S/c1-28-17-10-13(9-15(23)21(17)29-2)7-8-20(27)30-12-14-11-19(26)25-16-5-3-4-6-18(16)31-22(25)24-14/h3-11H,12H2,1-2H3. The zero-order valence-electron chi connectivity index (χ0n) is 16.6. The summed E-state index contributed by atoms with van der Waals surface area (Å²) in [6.45, 7) is -0.115. The number of methoxy groups -OCH3 is 2. The molecule has 31 heavy (non-hydrogen) atoms. The summed E-state index contributed by atoms with van der Waals surface area (Å²) in [6, 6.07) is 12.3. The molecule has 0 N–H and O–H groups in total. The zero-order valence-corrected chi connectivity index (χ0v) is 18.2. The van der Waals surface area contributed by atoms with Gasteiger partial charge < -0.3 is 14.2 Å². The summed E-state index contributed by atoms with van der Waals surface area (Å²) >= 11 is 7.57. The van der Waals surface area contributed by atoms with E-state index in [4.69, 9.17) is 25.8 Å². The maximum absolute atomic E-state index is 12.5. The molecule has 7 nitrogen and oxygen atoms in total. The van der Waals surface area contributed by atoms with E-state index < -0.39 is 5.97 Å². The number of thiazole rings is 1. The summed E-state index contributed by atoms with van der Waals surface area (Å²) in [5.41, 5.74) is 1.61. The van der Waals surface area contributed by atoms with Gasteiger partial charge in [0.25, 0.3) is 5.56 Å². The molecular weight excluding hydrogens is 440 g/mol. The van der Waals surface area contributed by atoms with Gasteiger partial charge in [-0.2, -0.15) is 0 Å². The number of hydrogen-bond acceptors (Lipinski definition) is 7. The van der Waals surface area contributed by atoms with Crippen molar-refractivity contribution in [3.05, 3.63) is 75.2 Å². The van der Waals surface area contributed by atoms with Crippen LogP contribution >= 0.6 is 22.9 Å². The van der Waals surface area contributed by atoms with Crippen LogP contribution in [-0.2, 0) is 16.1 Å². The van der Waals surface area contributed by atoms with Crippen molar-refractivity contribution < 1.29 is 19.0 Å². The van der Waals surface area contributed by atoms with Crippen molar-refractivity contribution in [2.75, 3.05) is 14.2 Å². The van der Waals surface area contributed by atoms with Gasteiger partial charge in [-0.3, -0.25) is 9.20 Å². The number of halogens is 1. The highest BCUT2D eigenvalue weighted by Crippen LogP contribution is 2.36. The molecule has 158 valence electrons. The average Bonchev–Trinajstić information content (AvgIpc) is 3.14. The van der Waals surface area contributed by atoms with E-state index in [9.17, 15) is 9.59 Å². The van der Waals surface area contributed by atoms with Gasteiger partial charge in [-0.1, -0.05) is 35.1 Å². The Balaban J connectivity index is 1.49. The van der Waals surface area contributed by atoms with E-state index in [0.29, 0.717) is 32.7 Å². The number of carbonyl (C=O) groups excluding carboxylic acids is 1. The smallest absolute Gasteiger partial charge is 0.331 e. The number of carbonyl (C=O) groups is 1. The summed E-state index contributed by atoms with van der Waals surface area (Å²) in [7, 11) is 2.99. The van der Waals surface area contributed by atoms with Gasteiger partial charge in [-0.25, -0.2) is 9.78 Å². The molecule has 9 heteroatoms. The summed E-state index contributed by atoms with van der Waals surface area (Å²) < 4.78 is 18.2. The van der Waals surface area contributed by atoms with Crippen LogP contribution in [0.25, 0.3) is 21.3 Å². The van der Waals surface area contributed by atoms with Crippen LogP contribution in [0, 0.1) is 0 Å². The molecule has 0 aliphatic rings. The van der Waals surface area contributed by atoms with Crippen molar-refractivity contribution >= 4 is 50.2 Å². The van der Waals surface area contributed by atoms with Crippen LogP contribution in [-0.4, -0.2) is 29.6 Å². The third-order valence-electron chi connectivity index (χ3n) is 4.48. The highest BCUT2D eigenvalue weighted by atomic mass is 35.5. The third-order valence-corrected chi connectivity index (χ3v) is 5.78. The van der Waals surface area contributed by atoms with Gasteiger partial charge in [0.05, 0.1) is 35.2 Å². The first-order valence-corrected chi connectivity index (χ1v) is 10.4. The molecule has 0 atom stereocenters. The first-order valence-electron chi connectivity index (χ1n) is 9.16. The number of esters is 1. The lowest BCUT2D eigenvalue weighted by Crippen LogP contribution is -2.14. The zero-order chi connectivity index (χ0) is 22.0. The molecule has 0 spiro atoms. The van der Waals surface area contributed by atoms with Crippen molar-refractivity contribution in [3.63, 3.8) is 0 Å². The summed E-state index contributed by atoms with van der Waals surface area (Å²) in [6.07, 6.45) is 2.82. The normalized spacial score (nSPS) is 11.3. The first-order chi connectivity index (χ1) is 15.0. The molecule has 2 heterocycles. The maximum atomic E-state index is 12.5. The summed E-state index contributed by atoms with van der Waals surface area (Å²) in [4.78, 5) is 29.7. The minimum absolute atomic E-state index is 0.115. The SMILES string of the molecule is COc1cc(C=CC(=O)OCc2cc(=O)n3c(n2)sc2ccccc23)cc(Cl)c1OC. The number of aromatic nitrogens is 2. The van der Waals surface area contributed by atoms with Crippen LogP contribution in [0.2, 0.25) is 5.02 Å². The van der Waals surface area contributed by atoms with E-state index in [1.54, 1.807) is 22.6 Å². The van der Waals surface area contributed by atoms with Gasteiger partial charge in [0.2, 0.25) is 0 Å². The number of ether oxygens (including phenoxy) is 3. The molecule has 0 amide bonds. The predicted octanol–water partition coefficient (Wildman–Crippen LogP) is 4.34. The Hall–Kier alpha value is -3.36. The van der Waals surface area contributed by atoms with Gasteiger partial charge in [0.15, 0.2) is 16.5 Å². The van der Waals surface area contributed by atoms with E-state index in [1.165, 1.54) is 37.7 Å². The largest absolute Gasteiger partial charge is 0.493 e. The molecule has 0 fully saturated rings. The molecule has 4 rings (SSSR count). The van der Waals surface area contributed by atoms with Crippen LogP contribution in [0.3, 0.4) is 0 Å².